The van der Waals surface area contributed by atoms with Gasteiger partial charge in [0.2, 0.25) is 0 Å². The van der Waals surface area contributed by atoms with Crippen LogP contribution in [0.4, 0.5) is 0 Å². The van der Waals surface area contributed by atoms with Crippen molar-refractivity contribution in [2.45, 2.75) is 425 Å². The first-order valence-corrected chi connectivity index (χ1v) is 42.8. The third-order valence-corrected chi connectivity index (χ3v) is 19.8. The minimum Gasteiger partial charge on any atom is -0.462 e. The molecule has 3 N–H and O–H groups in total. The summed E-state index contributed by atoms with van der Waals surface area (Å²) in [6, 6.07) is 0. The van der Waals surface area contributed by atoms with Crippen molar-refractivity contribution in [2.24, 2.45) is 0 Å². The highest BCUT2D eigenvalue weighted by molar-refractivity contribution is 7.47. The Bertz CT molecular complexity index is 1810. The molecular formula is C76H148O17P2. The van der Waals surface area contributed by atoms with E-state index in [2.05, 4.69) is 27.7 Å². The van der Waals surface area contributed by atoms with Crippen LogP contribution in [0.25, 0.3) is 0 Å². The Hall–Kier alpha value is -1.94. The Kier molecular flexibility index (Phi) is 69.1. The lowest BCUT2D eigenvalue weighted by Gasteiger charge is -2.21. The van der Waals surface area contributed by atoms with Crippen molar-refractivity contribution >= 4 is 39.5 Å². The molecule has 0 heterocycles. The Labute approximate surface area is 581 Å². The topological polar surface area (TPSA) is 237 Å². The zero-order chi connectivity index (χ0) is 69.7. The molecule has 2 unspecified atom stereocenters. The van der Waals surface area contributed by atoms with E-state index in [0.717, 1.165) is 103 Å². The quantitative estimate of drug-likeness (QED) is 0.0222. The monoisotopic (exact) mass is 1400 g/mol. The fourth-order valence-electron chi connectivity index (χ4n) is 11.8. The number of ether oxygens (including phenoxy) is 4. The van der Waals surface area contributed by atoms with E-state index in [4.69, 9.17) is 37.0 Å². The molecule has 0 fully saturated rings. The highest BCUT2D eigenvalue weighted by Gasteiger charge is 2.30. The van der Waals surface area contributed by atoms with E-state index in [0.29, 0.717) is 25.7 Å². The smallest absolute Gasteiger partial charge is 0.462 e. The van der Waals surface area contributed by atoms with Gasteiger partial charge in [-0.2, -0.15) is 0 Å². The van der Waals surface area contributed by atoms with Crippen molar-refractivity contribution in [3.8, 4) is 0 Å². The summed E-state index contributed by atoms with van der Waals surface area (Å²) in [7, 11) is -9.90. The van der Waals surface area contributed by atoms with E-state index < -0.39 is 97.5 Å². The molecule has 0 saturated heterocycles. The maximum atomic E-state index is 13.1. The second kappa shape index (κ2) is 70.5. The van der Waals surface area contributed by atoms with Gasteiger partial charge >= 0.3 is 39.5 Å². The summed E-state index contributed by atoms with van der Waals surface area (Å²) in [6.07, 6.45) is 61.1. The maximum Gasteiger partial charge on any atom is 0.472 e. The average molecular weight is 1400 g/mol. The molecule has 17 nitrogen and oxygen atoms in total. The van der Waals surface area contributed by atoms with Crippen molar-refractivity contribution in [3.05, 3.63) is 0 Å². The van der Waals surface area contributed by atoms with Gasteiger partial charge in [-0.05, 0) is 25.7 Å². The van der Waals surface area contributed by atoms with Crippen molar-refractivity contribution in [1.82, 2.24) is 0 Å². The number of esters is 4. The summed E-state index contributed by atoms with van der Waals surface area (Å²) < 4.78 is 68.4. The van der Waals surface area contributed by atoms with Crippen LogP contribution in [0.15, 0.2) is 0 Å². The van der Waals surface area contributed by atoms with E-state index >= 15 is 0 Å². The summed E-state index contributed by atoms with van der Waals surface area (Å²) in [6.45, 7) is 4.96. The second-order valence-electron chi connectivity index (χ2n) is 27.4. The van der Waals surface area contributed by atoms with Crippen LogP contribution in [0.5, 0.6) is 0 Å². The lowest BCUT2D eigenvalue weighted by molar-refractivity contribution is -0.161. The van der Waals surface area contributed by atoms with E-state index in [1.807, 2.05) is 0 Å². The Morgan fingerprint density at radius 1 is 0.253 bits per heavy atom. The molecule has 0 aromatic heterocycles. The van der Waals surface area contributed by atoms with Gasteiger partial charge in [0, 0.05) is 25.7 Å². The number of unbranched alkanes of at least 4 members (excludes halogenated alkanes) is 51. The van der Waals surface area contributed by atoms with E-state index in [-0.39, 0.29) is 25.7 Å². The number of carbonyl (C=O) groups is 4. The predicted octanol–water partition coefficient (Wildman–Crippen LogP) is 22.6. The van der Waals surface area contributed by atoms with Gasteiger partial charge < -0.3 is 33.8 Å². The van der Waals surface area contributed by atoms with Gasteiger partial charge in [-0.1, -0.05) is 355 Å². The van der Waals surface area contributed by atoms with E-state index in [9.17, 15) is 43.2 Å². The van der Waals surface area contributed by atoms with Gasteiger partial charge in [0.1, 0.15) is 19.3 Å². The number of hydrogen-bond donors (Lipinski definition) is 3. The minimum atomic E-state index is -4.96. The van der Waals surface area contributed by atoms with Gasteiger partial charge in [-0.15, -0.1) is 0 Å². The van der Waals surface area contributed by atoms with Gasteiger partial charge in [-0.25, -0.2) is 9.13 Å². The molecule has 95 heavy (non-hydrogen) atoms. The highest BCUT2D eigenvalue weighted by Crippen LogP contribution is 2.45. The van der Waals surface area contributed by atoms with E-state index in [1.54, 1.807) is 0 Å². The number of rotatable bonds is 77. The van der Waals surface area contributed by atoms with Crippen LogP contribution < -0.4 is 0 Å². The molecule has 19 heteroatoms. The zero-order valence-corrected chi connectivity index (χ0v) is 63.4. The van der Waals surface area contributed by atoms with Gasteiger partial charge in [0.25, 0.3) is 0 Å². The normalized spacial score (nSPS) is 13.9. The number of aliphatic hydroxyl groups excluding tert-OH is 1. The molecule has 564 valence electrons. The van der Waals surface area contributed by atoms with Crippen molar-refractivity contribution in [3.63, 3.8) is 0 Å². The first kappa shape index (κ1) is 93.1. The van der Waals surface area contributed by atoms with E-state index in [1.165, 1.54) is 225 Å². The second-order valence-corrected chi connectivity index (χ2v) is 30.3. The van der Waals surface area contributed by atoms with Crippen LogP contribution in [0.3, 0.4) is 0 Å². The molecule has 0 amide bonds. The SMILES string of the molecule is CCCCCCCCCCCCCCCCCCCCCC(=O)O[C@H](COC(=O)CCCCCCCCCCCCCCCCC)COP(=O)(O)OC[C@@H](O)COP(=O)(O)OC[C@@H](COC(=O)CCCCCCCCC)OC(=O)CCCCCCCCCCCCCCCC. The molecule has 0 aromatic carbocycles. The van der Waals surface area contributed by atoms with Crippen LogP contribution in [-0.4, -0.2) is 96.7 Å². The number of phosphoric acid groups is 2. The molecule has 0 aliphatic rings. The minimum absolute atomic E-state index is 0.108. The fraction of sp³-hybridized carbons (Fsp3) is 0.947. The standard InChI is InChI=1S/C76H148O17P2/c1-5-9-13-17-21-24-27-30-33-34-35-36-38-41-44-47-51-55-59-63-76(81)93-72(67-87-74(79)61-57-53-49-45-42-40-37-31-28-25-22-18-14-10-6-2)69-91-95(84,85)89-65-70(77)64-88-94(82,83)90-68-71(66-86-73(78)60-56-52-48-20-16-12-8-4)92-75(80)62-58-54-50-46-43-39-32-29-26-23-19-15-11-7-3/h70-72,77H,5-69H2,1-4H3,(H,82,83)(H,84,85)/t70-,71+,72+/m0/s1. The molecule has 0 rings (SSSR count). The van der Waals surface area contributed by atoms with Gasteiger partial charge in [0.15, 0.2) is 12.2 Å². The highest BCUT2D eigenvalue weighted by atomic mass is 31.2. The largest absolute Gasteiger partial charge is 0.472 e. The first-order chi connectivity index (χ1) is 46.2. The van der Waals surface area contributed by atoms with Gasteiger partial charge in [0.05, 0.1) is 26.4 Å². The fourth-order valence-corrected chi connectivity index (χ4v) is 13.3. The number of phosphoric ester groups is 2. The molecule has 0 bridgehead atoms. The number of hydrogen-bond acceptors (Lipinski definition) is 15. The molecular weight excluding hydrogens is 1250 g/mol. The van der Waals surface area contributed by atoms with Crippen molar-refractivity contribution in [1.29, 1.82) is 0 Å². The number of aliphatic hydroxyl groups is 1. The van der Waals surface area contributed by atoms with Gasteiger partial charge in [-0.3, -0.25) is 37.3 Å². The van der Waals surface area contributed by atoms with Crippen molar-refractivity contribution < 1.29 is 80.2 Å². The molecule has 0 radical (unpaired) electrons. The zero-order valence-electron chi connectivity index (χ0n) is 61.6. The lowest BCUT2D eigenvalue weighted by Crippen LogP contribution is -2.30. The summed E-state index contributed by atoms with van der Waals surface area (Å²) in [5, 5.41) is 10.6. The molecule has 0 saturated carbocycles. The molecule has 0 aliphatic heterocycles. The third kappa shape index (κ3) is 70.3. The van der Waals surface area contributed by atoms with Crippen LogP contribution in [0.1, 0.15) is 407 Å². The van der Waals surface area contributed by atoms with Crippen molar-refractivity contribution in [2.75, 3.05) is 39.6 Å². The van der Waals surface area contributed by atoms with Crippen LogP contribution in [-0.2, 0) is 65.4 Å². The summed E-state index contributed by atoms with van der Waals surface area (Å²) in [4.78, 5) is 72.7. The lowest BCUT2D eigenvalue weighted by atomic mass is 10.0. The summed E-state index contributed by atoms with van der Waals surface area (Å²) >= 11 is 0. The molecule has 5 atom stereocenters. The summed E-state index contributed by atoms with van der Waals surface area (Å²) in [5.74, 6) is -2.11. The molecule has 0 spiro atoms. The average Bonchev–Trinajstić information content (AvgIpc) is 2.31. The Balaban J connectivity index is 5.18. The first-order valence-electron chi connectivity index (χ1n) is 39.8. The Morgan fingerprint density at radius 3 is 0.621 bits per heavy atom. The van der Waals surface area contributed by atoms with Crippen LogP contribution >= 0.6 is 15.6 Å². The molecule has 0 aliphatic carbocycles. The Morgan fingerprint density at radius 2 is 0.421 bits per heavy atom. The maximum absolute atomic E-state index is 13.1. The summed E-state index contributed by atoms with van der Waals surface area (Å²) in [5.41, 5.74) is 0. The number of carbonyl (C=O) groups excluding carboxylic acids is 4. The predicted molar refractivity (Wildman–Crippen MR) is 386 cm³/mol. The molecule has 0 aromatic rings. The third-order valence-electron chi connectivity index (χ3n) is 17.9. The van der Waals surface area contributed by atoms with Crippen LogP contribution in [0, 0.1) is 0 Å². The van der Waals surface area contributed by atoms with Crippen LogP contribution in [0.2, 0.25) is 0 Å².